The van der Waals surface area contributed by atoms with Crippen LogP contribution >= 0.6 is 11.3 Å². The van der Waals surface area contributed by atoms with Gasteiger partial charge < -0.3 is 10.2 Å². The number of aromatic nitrogens is 2. The number of carbonyl (C=O) groups is 1. The fourth-order valence-corrected chi connectivity index (χ4v) is 7.70. The van der Waals surface area contributed by atoms with Crippen LogP contribution in [-0.4, -0.2) is 72.3 Å². The Labute approximate surface area is 192 Å². The van der Waals surface area contributed by atoms with E-state index in [2.05, 4.69) is 15.2 Å². The SMILES string of the molecule is Cc1sc2ncn(CC(=O)NCCCN3CCCC3)c(=O)c2c1S(=O)(=O)N1CCCCC1. The van der Waals surface area contributed by atoms with Crippen LogP contribution in [0.5, 0.6) is 0 Å². The average molecular weight is 482 g/mol. The number of sulfonamides is 1. The molecule has 11 heteroatoms. The molecule has 9 nitrogen and oxygen atoms in total. The van der Waals surface area contributed by atoms with Gasteiger partial charge in [-0.1, -0.05) is 6.42 Å². The number of nitrogens with zero attached hydrogens (tertiary/aromatic N) is 4. The molecular formula is C21H31N5O4S2. The third-order valence-corrected chi connectivity index (χ3v) is 9.41. The molecule has 0 atom stereocenters. The molecule has 32 heavy (non-hydrogen) atoms. The molecule has 2 aromatic heterocycles. The van der Waals surface area contributed by atoms with E-state index < -0.39 is 15.6 Å². The van der Waals surface area contributed by atoms with E-state index in [-0.39, 0.29) is 22.7 Å². The molecule has 0 unspecified atom stereocenters. The first kappa shape index (κ1) is 23.3. The molecule has 1 N–H and O–H groups in total. The van der Waals surface area contributed by atoms with Crippen molar-refractivity contribution in [2.45, 2.75) is 56.9 Å². The van der Waals surface area contributed by atoms with Crippen molar-refractivity contribution in [1.29, 1.82) is 0 Å². The molecular weight excluding hydrogens is 450 g/mol. The van der Waals surface area contributed by atoms with Crippen LogP contribution in [0.2, 0.25) is 0 Å². The van der Waals surface area contributed by atoms with Crippen molar-refractivity contribution in [2.75, 3.05) is 39.3 Å². The van der Waals surface area contributed by atoms with Crippen molar-refractivity contribution < 1.29 is 13.2 Å². The maximum Gasteiger partial charge on any atom is 0.263 e. The number of rotatable bonds is 8. The predicted molar refractivity (Wildman–Crippen MR) is 125 cm³/mol. The Hall–Kier alpha value is -1.82. The van der Waals surface area contributed by atoms with E-state index in [0.29, 0.717) is 29.3 Å². The zero-order valence-electron chi connectivity index (χ0n) is 18.5. The van der Waals surface area contributed by atoms with Crippen molar-refractivity contribution in [3.05, 3.63) is 21.6 Å². The molecule has 2 fully saturated rings. The Morgan fingerprint density at radius 2 is 1.81 bits per heavy atom. The van der Waals surface area contributed by atoms with Crippen LogP contribution in [0.25, 0.3) is 10.2 Å². The van der Waals surface area contributed by atoms with Gasteiger partial charge in [0.25, 0.3) is 5.56 Å². The summed E-state index contributed by atoms with van der Waals surface area (Å²) in [6.07, 6.45) is 7.32. The molecule has 2 aliphatic heterocycles. The molecule has 0 saturated carbocycles. The summed E-state index contributed by atoms with van der Waals surface area (Å²) >= 11 is 1.20. The first-order valence-electron chi connectivity index (χ1n) is 11.4. The summed E-state index contributed by atoms with van der Waals surface area (Å²) in [6, 6.07) is 0. The first-order chi connectivity index (χ1) is 15.4. The van der Waals surface area contributed by atoms with Gasteiger partial charge in [-0.2, -0.15) is 4.31 Å². The van der Waals surface area contributed by atoms with Crippen LogP contribution in [-0.2, 0) is 21.4 Å². The highest BCUT2D eigenvalue weighted by atomic mass is 32.2. The fraction of sp³-hybridized carbons (Fsp3) is 0.667. The smallest absolute Gasteiger partial charge is 0.263 e. The van der Waals surface area contributed by atoms with E-state index in [9.17, 15) is 18.0 Å². The molecule has 0 spiro atoms. The Kier molecular flexibility index (Phi) is 7.28. The van der Waals surface area contributed by atoms with Crippen molar-refractivity contribution in [3.8, 4) is 0 Å². The number of amides is 1. The lowest BCUT2D eigenvalue weighted by molar-refractivity contribution is -0.121. The molecule has 2 aliphatic rings. The summed E-state index contributed by atoms with van der Waals surface area (Å²) in [5.41, 5.74) is -0.484. The predicted octanol–water partition coefficient (Wildman–Crippen LogP) is 1.54. The third kappa shape index (κ3) is 4.90. The lowest BCUT2D eigenvalue weighted by Gasteiger charge is -2.25. The normalized spacial score (nSPS) is 18.4. The van der Waals surface area contributed by atoms with Gasteiger partial charge in [0.1, 0.15) is 16.3 Å². The molecule has 0 radical (unpaired) electrons. The number of hydrogen-bond donors (Lipinski definition) is 1. The lowest BCUT2D eigenvalue weighted by Crippen LogP contribution is -2.37. The highest BCUT2D eigenvalue weighted by Crippen LogP contribution is 2.33. The second-order valence-electron chi connectivity index (χ2n) is 8.56. The zero-order valence-corrected chi connectivity index (χ0v) is 20.1. The number of likely N-dealkylation sites (tertiary alicyclic amines) is 1. The molecule has 2 saturated heterocycles. The molecule has 4 heterocycles. The molecule has 2 aromatic rings. The number of thiophene rings is 1. The average Bonchev–Trinajstić information content (AvgIpc) is 3.41. The summed E-state index contributed by atoms with van der Waals surface area (Å²) in [5, 5.41) is 2.95. The number of piperidine rings is 1. The highest BCUT2D eigenvalue weighted by Gasteiger charge is 2.32. The second-order valence-corrected chi connectivity index (χ2v) is 11.6. The van der Waals surface area contributed by atoms with Gasteiger partial charge in [-0.25, -0.2) is 13.4 Å². The minimum atomic E-state index is -3.78. The number of aryl methyl sites for hydroxylation is 1. The summed E-state index contributed by atoms with van der Waals surface area (Å²) in [5.74, 6) is -0.276. The van der Waals surface area contributed by atoms with Gasteiger partial charge >= 0.3 is 0 Å². The van der Waals surface area contributed by atoms with Gasteiger partial charge in [0.05, 0.1) is 11.7 Å². The largest absolute Gasteiger partial charge is 0.354 e. The van der Waals surface area contributed by atoms with Gasteiger partial charge in [0.2, 0.25) is 15.9 Å². The molecule has 0 aromatic carbocycles. The second kappa shape index (κ2) is 9.98. The van der Waals surface area contributed by atoms with Crippen LogP contribution in [0, 0.1) is 6.92 Å². The quantitative estimate of drug-likeness (QED) is 0.574. The van der Waals surface area contributed by atoms with Gasteiger partial charge in [-0.3, -0.25) is 14.2 Å². The van der Waals surface area contributed by atoms with E-state index in [1.54, 1.807) is 6.92 Å². The number of fused-ring (bicyclic) bond motifs is 1. The van der Waals surface area contributed by atoms with E-state index in [4.69, 9.17) is 0 Å². The van der Waals surface area contributed by atoms with Crippen molar-refractivity contribution in [2.24, 2.45) is 0 Å². The monoisotopic (exact) mass is 481 g/mol. The van der Waals surface area contributed by atoms with Crippen LogP contribution in [0.1, 0.15) is 43.4 Å². The first-order valence-corrected chi connectivity index (χ1v) is 13.6. The van der Waals surface area contributed by atoms with E-state index in [1.165, 1.54) is 39.4 Å². The summed E-state index contributed by atoms with van der Waals surface area (Å²) in [6.45, 7) is 6.21. The summed E-state index contributed by atoms with van der Waals surface area (Å²) < 4.78 is 29.3. The van der Waals surface area contributed by atoms with Crippen molar-refractivity contribution >= 4 is 37.5 Å². The number of hydrogen-bond acceptors (Lipinski definition) is 7. The van der Waals surface area contributed by atoms with E-state index in [1.807, 2.05) is 0 Å². The Morgan fingerprint density at radius 3 is 2.53 bits per heavy atom. The van der Waals surface area contributed by atoms with Gasteiger partial charge in [-0.15, -0.1) is 11.3 Å². The molecule has 0 bridgehead atoms. The maximum atomic E-state index is 13.3. The minimum Gasteiger partial charge on any atom is -0.354 e. The number of nitrogens with one attached hydrogen (secondary N) is 1. The van der Waals surface area contributed by atoms with Crippen molar-refractivity contribution in [1.82, 2.24) is 24.1 Å². The van der Waals surface area contributed by atoms with Crippen LogP contribution in [0.3, 0.4) is 0 Å². The third-order valence-electron chi connectivity index (χ3n) is 6.20. The minimum absolute atomic E-state index is 0.0530. The van der Waals surface area contributed by atoms with Gasteiger partial charge in [0, 0.05) is 24.5 Å². The maximum absolute atomic E-state index is 13.3. The van der Waals surface area contributed by atoms with E-state index in [0.717, 1.165) is 45.3 Å². The van der Waals surface area contributed by atoms with Crippen molar-refractivity contribution in [3.63, 3.8) is 0 Å². The van der Waals surface area contributed by atoms with Crippen LogP contribution in [0.15, 0.2) is 16.0 Å². The Morgan fingerprint density at radius 1 is 1.12 bits per heavy atom. The molecule has 1 amide bonds. The fourth-order valence-electron chi connectivity index (χ4n) is 4.52. The van der Waals surface area contributed by atoms with E-state index >= 15 is 0 Å². The highest BCUT2D eigenvalue weighted by molar-refractivity contribution is 7.89. The molecule has 4 rings (SSSR count). The van der Waals surface area contributed by atoms with Gasteiger partial charge in [0.15, 0.2) is 0 Å². The zero-order chi connectivity index (χ0) is 22.7. The van der Waals surface area contributed by atoms with Gasteiger partial charge in [-0.05, 0) is 58.7 Å². The standard InChI is InChI=1S/C21H31N5O4S2/c1-16-19(32(29,30)26-12-3-2-4-13-26)18-20(31-16)23-15-25(21(18)28)14-17(27)22-8-7-11-24-9-5-6-10-24/h15H,2-14H2,1H3,(H,22,27). The Balaban J connectivity index is 1.50. The van der Waals surface area contributed by atoms with Crippen LogP contribution < -0.4 is 10.9 Å². The molecule has 176 valence electrons. The Bertz CT molecular complexity index is 1130. The summed E-state index contributed by atoms with van der Waals surface area (Å²) in [4.78, 5) is 33.3. The lowest BCUT2D eigenvalue weighted by atomic mass is 10.2. The number of carbonyl (C=O) groups excluding carboxylic acids is 1. The summed E-state index contributed by atoms with van der Waals surface area (Å²) in [7, 11) is -3.78. The van der Waals surface area contributed by atoms with Crippen LogP contribution in [0.4, 0.5) is 0 Å². The molecule has 0 aliphatic carbocycles. The topological polar surface area (TPSA) is 105 Å².